The lowest BCUT2D eigenvalue weighted by atomic mass is 9.98. The molecule has 0 spiro atoms. The van der Waals surface area contributed by atoms with Crippen molar-refractivity contribution in [3.63, 3.8) is 0 Å². The van der Waals surface area contributed by atoms with Gasteiger partial charge < -0.3 is 14.9 Å². The zero-order valence-electron chi connectivity index (χ0n) is 17.4. The minimum Gasteiger partial charge on any atom is -0.339 e. The molecular weight excluding hydrogens is 388 g/mol. The molecule has 1 fully saturated rings. The summed E-state index contributed by atoms with van der Waals surface area (Å²) in [7, 11) is 1.69. The Morgan fingerprint density at radius 1 is 1.31 bits per heavy atom. The van der Waals surface area contributed by atoms with Gasteiger partial charge in [-0.1, -0.05) is 6.92 Å². The summed E-state index contributed by atoms with van der Waals surface area (Å²) < 4.78 is 3.33. The Kier molecular flexibility index (Phi) is 6.17. The van der Waals surface area contributed by atoms with Gasteiger partial charge in [-0.15, -0.1) is 4.47 Å². The highest BCUT2D eigenvalue weighted by atomic mass is 32.2. The van der Waals surface area contributed by atoms with Gasteiger partial charge in [0.15, 0.2) is 0 Å². The predicted octanol–water partition coefficient (Wildman–Crippen LogP) is 3.56. The van der Waals surface area contributed by atoms with E-state index in [9.17, 15) is 10.0 Å². The van der Waals surface area contributed by atoms with Gasteiger partial charge >= 0.3 is 0 Å². The Morgan fingerprint density at radius 2 is 2.07 bits per heavy atom. The highest BCUT2D eigenvalue weighted by Gasteiger charge is 2.27. The van der Waals surface area contributed by atoms with Crippen LogP contribution in [-0.4, -0.2) is 62.8 Å². The summed E-state index contributed by atoms with van der Waals surface area (Å²) in [4.78, 5) is 20.6. The summed E-state index contributed by atoms with van der Waals surface area (Å²) in [6.45, 7) is 7.83. The maximum absolute atomic E-state index is 13.1. The molecule has 2 aliphatic heterocycles. The number of rotatable bonds is 5. The summed E-state index contributed by atoms with van der Waals surface area (Å²) in [5, 5.41) is 13.1. The van der Waals surface area contributed by atoms with Crippen molar-refractivity contribution in [2.24, 2.45) is 5.92 Å². The molecule has 7 nitrogen and oxygen atoms in total. The van der Waals surface area contributed by atoms with E-state index in [2.05, 4.69) is 10.9 Å². The Labute approximate surface area is 176 Å². The van der Waals surface area contributed by atoms with Crippen molar-refractivity contribution < 1.29 is 14.8 Å². The average Bonchev–Trinajstić information content (AvgIpc) is 3.05. The molecule has 0 radical (unpaired) electrons. The maximum Gasteiger partial charge on any atom is 0.253 e. The first-order valence-corrected chi connectivity index (χ1v) is 11.1. The normalized spacial score (nSPS) is 18.6. The van der Waals surface area contributed by atoms with Crippen LogP contribution < -0.4 is 0 Å². The third kappa shape index (κ3) is 4.04. The van der Waals surface area contributed by atoms with Gasteiger partial charge in [-0.3, -0.25) is 8.77 Å². The molecule has 2 aliphatic rings. The first-order valence-electron chi connectivity index (χ1n) is 10.4. The van der Waals surface area contributed by atoms with E-state index >= 15 is 0 Å². The monoisotopic (exact) mass is 418 g/mol. The highest BCUT2D eigenvalue weighted by molar-refractivity contribution is 7.95. The third-order valence-corrected chi connectivity index (χ3v) is 7.12. The zero-order chi connectivity index (χ0) is 20.5. The van der Waals surface area contributed by atoms with E-state index in [1.807, 2.05) is 35.1 Å². The van der Waals surface area contributed by atoms with Crippen LogP contribution in [0.15, 0.2) is 18.2 Å². The molecule has 0 unspecified atom stereocenters. The van der Waals surface area contributed by atoms with Crippen molar-refractivity contribution >= 4 is 28.9 Å². The van der Waals surface area contributed by atoms with Gasteiger partial charge in [0.2, 0.25) is 0 Å². The van der Waals surface area contributed by atoms with E-state index in [0.29, 0.717) is 19.0 Å². The number of hydroxylamine groups is 3. The molecule has 1 saturated heterocycles. The van der Waals surface area contributed by atoms with Gasteiger partial charge in [0, 0.05) is 49.2 Å². The molecule has 0 saturated carbocycles. The Bertz CT molecular complexity index is 892. The number of piperidine rings is 1. The maximum atomic E-state index is 13.1. The molecule has 1 aromatic heterocycles. The second-order valence-electron chi connectivity index (χ2n) is 7.97. The Hall–Kier alpha value is -1.58. The number of fused-ring (bicyclic) bond motifs is 3. The molecule has 1 aromatic carbocycles. The van der Waals surface area contributed by atoms with Gasteiger partial charge in [0.05, 0.1) is 31.3 Å². The van der Waals surface area contributed by atoms with Crippen LogP contribution in [0.3, 0.4) is 0 Å². The van der Waals surface area contributed by atoms with Crippen molar-refractivity contribution in [1.29, 1.82) is 0 Å². The molecule has 3 heterocycles. The molecule has 8 heteroatoms. The van der Waals surface area contributed by atoms with E-state index in [1.54, 1.807) is 7.11 Å². The number of likely N-dealkylation sites (tertiary alicyclic amines) is 1. The van der Waals surface area contributed by atoms with Gasteiger partial charge in [-0.25, -0.2) is 0 Å². The average molecular weight is 419 g/mol. The van der Waals surface area contributed by atoms with Crippen LogP contribution in [0, 0.1) is 5.92 Å². The highest BCUT2D eigenvalue weighted by Crippen LogP contribution is 2.35. The lowest BCUT2D eigenvalue weighted by molar-refractivity contribution is -0.141. The molecule has 0 bridgehead atoms. The summed E-state index contributed by atoms with van der Waals surface area (Å²) in [6, 6.07) is 5.96. The molecule has 1 N–H and O–H groups in total. The largest absolute Gasteiger partial charge is 0.339 e. The predicted molar refractivity (Wildman–Crippen MR) is 115 cm³/mol. The van der Waals surface area contributed by atoms with Crippen molar-refractivity contribution in [1.82, 2.24) is 18.4 Å². The van der Waals surface area contributed by atoms with Crippen molar-refractivity contribution in [3.8, 4) is 0 Å². The van der Waals surface area contributed by atoms with E-state index in [1.165, 1.54) is 27.9 Å². The first kappa shape index (κ1) is 20.7. The van der Waals surface area contributed by atoms with E-state index < -0.39 is 0 Å². The van der Waals surface area contributed by atoms with Crippen LogP contribution in [0.5, 0.6) is 0 Å². The standard InChI is InChI=1S/C21H30N4O3S/c1-4-24(27)29-25-19-6-5-16(21(26)22-10-7-15(2)8-11-22)13-17(19)18-14-23(28-3)12-9-20(18)25/h5-6,13,15,27H,4,7-12,14H2,1-3H3. The van der Waals surface area contributed by atoms with Gasteiger partial charge in [-0.05, 0) is 49.4 Å². The molecule has 158 valence electrons. The van der Waals surface area contributed by atoms with Crippen molar-refractivity contribution in [2.45, 2.75) is 39.7 Å². The van der Waals surface area contributed by atoms with Crippen LogP contribution in [0.25, 0.3) is 10.9 Å². The van der Waals surface area contributed by atoms with Crippen LogP contribution in [0.4, 0.5) is 0 Å². The summed E-state index contributed by atoms with van der Waals surface area (Å²) in [5.74, 6) is 0.810. The van der Waals surface area contributed by atoms with Crippen LogP contribution >= 0.6 is 12.1 Å². The lowest BCUT2D eigenvalue weighted by Gasteiger charge is -2.30. The minimum atomic E-state index is 0.115. The molecule has 1 amide bonds. The summed E-state index contributed by atoms with van der Waals surface area (Å²) in [5.41, 5.74) is 4.12. The number of benzene rings is 1. The second-order valence-corrected chi connectivity index (χ2v) is 8.92. The first-order chi connectivity index (χ1) is 14.0. The van der Waals surface area contributed by atoms with E-state index in [-0.39, 0.29) is 5.91 Å². The number of nitrogens with zero attached hydrogens (tertiary/aromatic N) is 4. The van der Waals surface area contributed by atoms with Gasteiger partial charge in [0.1, 0.15) is 0 Å². The number of carbonyl (C=O) groups is 1. The zero-order valence-corrected chi connectivity index (χ0v) is 18.2. The molecule has 0 atom stereocenters. The number of hydrogen-bond donors (Lipinski definition) is 1. The fourth-order valence-corrected chi connectivity index (χ4v) is 5.07. The lowest BCUT2D eigenvalue weighted by Crippen LogP contribution is -2.37. The SMILES string of the molecule is CCN(O)Sn1c2c(c3cc(C(=O)N4CCC(C)CC4)ccc31)CN(OC)CC2. The third-order valence-electron chi connectivity index (χ3n) is 6.09. The Morgan fingerprint density at radius 3 is 2.76 bits per heavy atom. The van der Waals surface area contributed by atoms with Gasteiger partial charge in [-0.2, -0.15) is 5.06 Å². The molecule has 4 rings (SSSR count). The Balaban J connectivity index is 1.72. The molecule has 0 aliphatic carbocycles. The number of hydrogen-bond acceptors (Lipinski definition) is 6. The number of carbonyl (C=O) groups excluding carboxylic acids is 1. The molecule has 2 aromatic rings. The fraction of sp³-hybridized carbons (Fsp3) is 0.571. The minimum absolute atomic E-state index is 0.115. The van der Waals surface area contributed by atoms with Crippen molar-refractivity contribution in [3.05, 3.63) is 35.0 Å². The van der Waals surface area contributed by atoms with Crippen molar-refractivity contribution in [2.75, 3.05) is 33.3 Å². The van der Waals surface area contributed by atoms with Crippen LogP contribution in [0.1, 0.15) is 48.3 Å². The number of amides is 1. The molecule has 29 heavy (non-hydrogen) atoms. The quantitative estimate of drug-likeness (QED) is 0.592. The van der Waals surface area contributed by atoms with E-state index in [0.717, 1.165) is 55.4 Å². The molecular formula is C21H30N4O3S. The van der Waals surface area contributed by atoms with E-state index in [4.69, 9.17) is 4.84 Å². The van der Waals surface area contributed by atoms with Gasteiger partial charge in [0.25, 0.3) is 5.91 Å². The topological polar surface area (TPSA) is 61.2 Å². The summed E-state index contributed by atoms with van der Waals surface area (Å²) in [6.07, 6.45) is 2.97. The van der Waals surface area contributed by atoms with Crippen LogP contribution in [0.2, 0.25) is 0 Å². The summed E-state index contributed by atoms with van der Waals surface area (Å²) >= 11 is 1.30. The smallest absolute Gasteiger partial charge is 0.253 e. The van der Waals surface area contributed by atoms with Crippen LogP contribution in [-0.2, 0) is 17.8 Å². The number of aromatic nitrogens is 1. The fourth-order valence-electron chi connectivity index (χ4n) is 4.22. The second kappa shape index (κ2) is 8.65.